The molecule has 1 N–H and O–H groups in total. The quantitative estimate of drug-likeness (QED) is 0.816. The van der Waals surface area contributed by atoms with Crippen LogP contribution in [0, 0.1) is 0 Å². The van der Waals surface area contributed by atoms with E-state index in [4.69, 9.17) is 5.11 Å². The molecule has 2 aromatic carbocycles. The van der Waals surface area contributed by atoms with E-state index in [9.17, 15) is 9.18 Å². The van der Waals surface area contributed by atoms with Crippen LogP contribution in [0.4, 0.5) is 4.39 Å². The highest BCUT2D eigenvalue weighted by molar-refractivity contribution is 5.89. The fourth-order valence-corrected chi connectivity index (χ4v) is 1.60. The zero-order valence-electron chi connectivity index (χ0n) is 7.85. The van der Waals surface area contributed by atoms with Crippen molar-refractivity contribution in [2.24, 2.45) is 0 Å². The Morgan fingerprint density at radius 2 is 1.80 bits per heavy atom. The van der Waals surface area contributed by atoms with Crippen LogP contribution in [-0.2, 0) is 4.79 Å². The molecule has 0 radical (unpaired) electrons. The third-order valence-electron chi connectivity index (χ3n) is 2.31. The summed E-state index contributed by atoms with van der Waals surface area (Å²) < 4.78 is 13.4. The SMILES string of the molecule is O=C(O)[C@@H](F)c1cccc2ccccc12. The number of carboxylic acids is 1. The second-order valence-corrected chi connectivity index (χ2v) is 3.27. The van der Waals surface area contributed by atoms with E-state index < -0.39 is 12.1 Å². The Bertz CT molecular complexity index is 502. The van der Waals surface area contributed by atoms with Gasteiger partial charge in [0.2, 0.25) is 6.17 Å². The number of alkyl halides is 1. The molecular weight excluding hydrogens is 195 g/mol. The second-order valence-electron chi connectivity index (χ2n) is 3.27. The highest BCUT2D eigenvalue weighted by Gasteiger charge is 2.19. The molecule has 15 heavy (non-hydrogen) atoms. The summed E-state index contributed by atoms with van der Waals surface area (Å²) in [4.78, 5) is 10.6. The van der Waals surface area contributed by atoms with Crippen LogP contribution in [0.15, 0.2) is 42.5 Å². The summed E-state index contributed by atoms with van der Waals surface area (Å²) in [5.41, 5.74) is 0.209. The Balaban J connectivity index is 2.65. The lowest BCUT2D eigenvalue weighted by Crippen LogP contribution is -2.06. The minimum Gasteiger partial charge on any atom is -0.479 e. The first-order valence-electron chi connectivity index (χ1n) is 4.54. The summed E-state index contributed by atoms with van der Waals surface area (Å²) in [5.74, 6) is -1.45. The van der Waals surface area contributed by atoms with Crippen molar-refractivity contribution in [3.63, 3.8) is 0 Å². The minimum absolute atomic E-state index is 0.209. The maximum atomic E-state index is 13.4. The maximum absolute atomic E-state index is 13.4. The first kappa shape index (κ1) is 9.65. The molecule has 2 aromatic rings. The molecule has 0 bridgehead atoms. The fraction of sp³-hybridized carbons (Fsp3) is 0.0833. The molecule has 2 nitrogen and oxygen atoms in total. The van der Waals surface area contributed by atoms with Gasteiger partial charge in [-0.1, -0.05) is 42.5 Å². The van der Waals surface area contributed by atoms with Crippen molar-refractivity contribution in [1.29, 1.82) is 0 Å². The summed E-state index contributed by atoms with van der Waals surface area (Å²) in [6, 6.07) is 12.1. The number of aliphatic carboxylic acids is 1. The Morgan fingerprint density at radius 3 is 2.53 bits per heavy atom. The number of hydrogen-bond donors (Lipinski definition) is 1. The summed E-state index contributed by atoms with van der Waals surface area (Å²) in [7, 11) is 0. The molecule has 3 heteroatoms. The molecule has 0 amide bonds. The smallest absolute Gasteiger partial charge is 0.343 e. The normalized spacial score (nSPS) is 12.6. The van der Waals surface area contributed by atoms with Gasteiger partial charge in [0.1, 0.15) is 0 Å². The minimum atomic E-state index is -1.96. The van der Waals surface area contributed by atoms with Crippen LogP contribution in [-0.4, -0.2) is 11.1 Å². The number of rotatable bonds is 2. The molecule has 0 aliphatic rings. The lowest BCUT2D eigenvalue weighted by molar-refractivity contribution is -0.142. The van der Waals surface area contributed by atoms with E-state index >= 15 is 0 Å². The molecule has 0 spiro atoms. The Morgan fingerprint density at radius 1 is 1.13 bits per heavy atom. The Labute approximate surface area is 86.0 Å². The number of halogens is 1. The van der Waals surface area contributed by atoms with Gasteiger partial charge >= 0.3 is 5.97 Å². The van der Waals surface area contributed by atoms with Crippen molar-refractivity contribution in [1.82, 2.24) is 0 Å². The molecular formula is C12H9FO2. The van der Waals surface area contributed by atoms with Gasteiger partial charge in [-0.05, 0) is 10.8 Å². The average Bonchev–Trinajstić information content (AvgIpc) is 2.27. The van der Waals surface area contributed by atoms with Gasteiger partial charge in [-0.25, -0.2) is 9.18 Å². The molecule has 76 valence electrons. The third-order valence-corrected chi connectivity index (χ3v) is 2.31. The standard InChI is InChI=1S/C12H9FO2/c13-11(12(14)15)10-7-3-5-8-4-1-2-6-9(8)10/h1-7,11H,(H,14,15)/t11-/m0/s1. The van der Waals surface area contributed by atoms with Gasteiger partial charge in [0.15, 0.2) is 0 Å². The Hall–Kier alpha value is -1.90. The first-order valence-corrected chi connectivity index (χ1v) is 4.54. The highest BCUT2D eigenvalue weighted by atomic mass is 19.1. The van der Waals surface area contributed by atoms with E-state index in [1.807, 2.05) is 18.2 Å². The molecule has 2 rings (SSSR count). The summed E-state index contributed by atoms with van der Waals surface area (Å²) in [6.45, 7) is 0. The van der Waals surface area contributed by atoms with E-state index in [0.717, 1.165) is 5.39 Å². The monoisotopic (exact) mass is 204 g/mol. The number of hydrogen-bond acceptors (Lipinski definition) is 1. The van der Waals surface area contributed by atoms with Gasteiger partial charge in [-0.3, -0.25) is 0 Å². The number of carbonyl (C=O) groups is 1. The lowest BCUT2D eigenvalue weighted by atomic mass is 10.0. The van der Waals surface area contributed by atoms with Crippen LogP contribution in [0.25, 0.3) is 10.8 Å². The van der Waals surface area contributed by atoms with Crippen LogP contribution >= 0.6 is 0 Å². The lowest BCUT2D eigenvalue weighted by Gasteiger charge is -2.07. The van der Waals surface area contributed by atoms with Crippen molar-refractivity contribution in [2.45, 2.75) is 6.17 Å². The van der Waals surface area contributed by atoms with E-state index in [1.165, 1.54) is 6.07 Å². The second kappa shape index (κ2) is 3.69. The predicted molar refractivity (Wildman–Crippen MR) is 55.4 cm³/mol. The third kappa shape index (κ3) is 1.68. The van der Waals surface area contributed by atoms with Crippen molar-refractivity contribution in [3.05, 3.63) is 48.0 Å². The van der Waals surface area contributed by atoms with E-state index in [2.05, 4.69) is 0 Å². The van der Waals surface area contributed by atoms with E-state index in [-0.39, 0.29) is 5.56 Å². The van der Waals surface area contributed by atoms with Crippen molar-refractivity contribution >= 4 is 16.7 Å². The zero-order chi connectivity index (χ0) is 10.8. The van der Waals surface area contributed by atoms with E-state index in [0.29, 0.717) is 5.39 Å². The van der Waals surface area contributed by atoms with Crippen molar-refractivity contribution in [2.75, 3.05) is 0 Å². The molecule has 0 aliphatic carbocycles. The van der Waals surface area contributed by atoms with Gasteiger partial charge in [-0.2, -0.15) is 0 Å². The predicted octanol–water partition coefficient (Wildman–Crippen LogP) is 2.94. The molecule has 0 unspecified atom stereocenters. The van der Waals surface area contributed by atoms with Crippen molar-refractivity contribution < 1.29 is 14.3 Å². The fourth-order valence-electron chi connectivity index (χ4n) is 1.60. The van der Waals surface area contributed by atoms with Gasteiger partial charge < -0.3 is 5.11 Å². The number of benzene rings is 2. The van der Waals surface area contributed by atoms with Crippen LogP contribution in [0.2, 0.25) is 0 Å². The molecule has 0 saturated heterocycles. The summed E-state index contributed by atoms with van der Waals surface area (Å²) in [5, 5.41) is 10.1. The molecule has 0 heterocycles. The van der Waals surface area contributed by atoms with Crippen LogP contribution in [0.5, 0.6) is 0 Å². The topological polar surface area (TPSA) is 37.3 Å². The molecule has 0 saturated carbocycles. The average molecular weight is 204 g/mol. The zero-order valence-corrected chi connectivity index (χ0v) is 7.85. The van der Waals surface area contributed by atoms with Crippen molar-refractivity contribution in [3.8, 4) is 0 Å². The van der Waals surface area contributed by atoms with Gasteiger partial charge in [0.05, 0.1) is 0 Å². The Kier molecular flexibility index (Phi) is 2.37. The van der Waals surface area contributed by atoms with Gasteiger partial charge in [-0.15, -0.1) is 0 Å². The number of carboxylic acid groups (broad SMARTS) is 1. The molecule has 0 aliphatic heterocycles. The van der Waals surface area contributed by atoms with Gasteiger partial charge in [0, 0.05) is 5.56 Å². The maximum Gasteiger partial charge on any atom is 0.343 e. The summed E-state index contributed by atoms with van der Waals surface area (Å²) in [6.07, 6.45) is -1.96. The summed E-state index contributed by atoms with van der Waals surface area (Å²) >= 11 is 0. The van der Waals surface area contributed by atoms with Crippen LogP contribution in [0.1, 0.15) is 11.7 Å². The van der Waals surface area contributed by atoms with Crippen LogP contribution in [0.3, 0.4) is 0 Å². The molecule has 0 fully saturated rings. The first-order chi connectivity index (χ1) is 7.20. The number of fused-ring (bicyclic) bond motifs is 1. The van der Waals surface area contributed by atoms with E-state index in [1.54, 1.807) is 18.2 Å². The van der Waals surface area contributed by atoms with Gasteiger partial charge in [0.25, 0.3) is 0 Å². The largest absolute Gasteiger partial charge is 0.479 e. The molecule has 1 atom stereocenters. The molecule has 0 aromatic heterocycles. The van der Waals surface area contributed by atoms with Crippen LogP contribution < -0.4 is 0 Å². The highest BCUT2D eigenvalue weighted by Crippen LogP contribution is 2.26.